The minimum absolute atomic E-state index is 0.290. The molecule has 0 radical (unpaired) electrons. The zero-order chi connectivity index (χ0) is 9.42. The number of thiophene rings is 1. The van der Waals surface area contributed by atoms with Crippen molar-refractivity contribution in [1.29, 1.82) is 5.26 Å². The highest BCUT2D eigenvalue weighted by molar-refractivity contribution is 14.1. The SMILES string of the molecule is N#Cc1cccc2c(I)c(O)sc12. The van der Waals surface area contributed by atoms with Crippen LogP contribution in [-0.4, -0.2) is 5.11 Å². The molecular weight excluding hydrogens is 297 g/mol. The maximum atomic E-state index is 9.46. The number of fused-ring (bicyclic) bond motifs is 1. The smallest absolute Gasteiger partial charge is 0.186 e. The summed E-state index contributed by atoms with van der Waals surface area (Å²) in [4.78, 5) is 0. The predicted molar refractivity (Wildman–Crippen MR) is 60.9 cm³/mol. The molecule has 0 saturated carbocycles. The van der Waals surface area contributed by atoms with E-state index in [1.54, 1.807) is 6.07 Å². The first-order valence-corrected chi connectivity index (χ1v) is 5.43. The van der Waals surface area contributed by atoms with Gasteiger partial charge in [0.2, 0.25) is 0 Å². The highest BCUT2D eigenvalue weighted by Gasteiger charge is 2.10. The fourth-order valence-corrected chi connectivity index (χ4v) is 3.02. The fourth-order valence-electron chi connectivity index (χ4n) is 1.16. The molecule has 0 amide bonds. The first-order valence-electron chi connectivity index (χ1n) is 3.54. The molecule has 0 spiro atoms. The summed E-state index contributed by atoms with van der Waals surface area (Å²) in [6, 6.07) is 7.60. The molecule has 1 aromatic heterocycles. The third-order valence-electron chi connectivity index (χ3n) is 1.76. The number of halogens is 1. The van der Waals surface area contributed by atoms with E-state index in [9.17, 15) is 5.11 Å². The first-order chi connectivity index (χ1) is 6.24. The van der Waals surface area contributed by atoms with Crippen LogP contribution in [0.25, 0.3) is 10.1 Å². The van der Waals surface area contributed by atoms with Crippen LogP contribution in [0, 0.1) is 14.9 Å². The van der Waals surface area contributed by atoms with Crippen molar-refractivity contribution in [3.05, 3.63) is 27.3 Å². The average Bonchev–Trinajstić information content (AvgIpc) is 2.43. The normalized spacial score (nSPS) is 10.2. The van der Waals surface area contributed by atoms with Crippen molar-refractivity contribution >= 4 is 44.0 Å². The third kappa shape index (κ3) is 1.28. The van der Waals surface area contributed by atoms with E-state index in [2.05, 4.69) is 28.7 Å². The molecule has 0 aliphatic carbocycles. The van der Waals surface area contributed by atoms with Crippen molar-refractivity contribution < 1.29 is 5.11 Å². The number of hydrogen-bond donors (Lipinski definition) is 1. The molecular formula is C9H4INOS. The first kappa shape index (κ1) is 8.78. The summed E-state index contributed by atoms with van der Waals surface area (Å²) in [5.74, 6) is 0. The molecule has 0 bridgehead atoms. The monoisotopic (exact) mass is 301 g/mol. The van der Waals surface area contributed by atoms with Crippen LogP contribution < -0.4 is 0 Å². The Morgan fingerprint density at radius 2 is 2.23 bits per heavy atom. The predicted octanol–water partition coefficient (Wildman–Crippen LogP) is 3.08. The van der Waals surface area contributed by atoms with Gasteiger partial charge in [-0.2, -0.15) is 5.26 Å². The molecule has 0 atom stereocenters. The molecule has 4 heteroatoms. The van der Waals surface area contributed by atoms with Crippen molar-refractivity contribution in [2.24, 2.45) is 0 Å². The quantitative estimate of drug-likeness (QED) is 0.760. The summed E-state index contributed by atoms with van der Waals surface area (Å²) in [6.07, 6.45) is 0. The molecule has 0 fully saturated rings. The lowest BCUT2D eigenvalue weighted by Crippen LogP contribution is -1.73. The fraction of sp³-hybridized carbons (Fsp3) is 0. The zero-order valence-electron chi connectivity index (χ0n) is 6.41. The van der Waals surface area contributed by atoms with Crippen LogP contribution in [0.3, 0.4) is 0 Å². The molecule has 0 saturated heterocycles. The maximum absolute atomic E-state index is 9.46. The van der Waals surface area contributed by atoms with Gasteiger partial charge in [0.15, 0.2) is 5.06 Å². The van der Waals surface area contributed by atoms with Crippen LogP contribution in [0.15, 0.2) is 18.2 Å². The number of nitrogens with zero attached hydrogens (tertiary/aromatic N) is 1. The summed E-state index contributed by atoms with van der Waals surface area (Å²) in [7, 11) is 0. The van der Waals surface area contributed by atoms with Crippen molar-refractivity contribution in [3.8, 4) is 11.1 Å². The van der Waals surface area contributed by atoms with Gasteiger partial charge in [-0.1, -0.05) is 23.5 Å². The van der Waals surface area contributed by atoms with Gasteiger partial charge < -0.3 is 5.11 Å². The van der Waals surface area contributed by atoms with Crippen molar-refractivity contribution in [3.63, 3.8) is 0 Å². The van der Waals surface area contributed by atoms with Gasteiger partial charge >= 0.3 is 0 Å². The van der Waals surface area contributed by atoms with Gasteiger partial charge in [-0.3, -0.25) is 0 Å². The van der Waals surface area contributed by atoms with Crippen LogP contribution >= 0.6 is 33.9 Å². The zero-order valence-corrected chi connectivity index (χ0v) is 9.39. The molecule has 1 aromatic carbocycles. The van der Waals surface area contributed by atoms with E-state index in [1.165, 1.54) is 11.3 Å². The van der Waals surface area contributed by atoms with E-state index in [4.69, 9.17) is 5.26 Å². The van der Waals surface area contributed by atoms with E-state index in [0.717, 1.165) is 13.7 Å². The summed E-state index contributed by atoms with van der Waals surface area (Å²) >= 11 is 3.34. The average molecular weight is 301 g/mol. The number of rotatable bonds is 0. The second-order valence-electron chi connectivity index (χ2n) is 2.52. The Balaban J connectivity index is 2.95. The number of benzene rings is 1. The lowest BCUT2D eigenvalue weighted by Gasteiger charge is -1.90. The van der Waals surface area contributed by atoms with Gasteiger partial charge in [-0.05, 0) is 28.7 Å². The van der Waals surface area contributed by atoms with Gasteiger partial charge in [-0.25, -0.2) is 0 Å². The molecule has 2 rings (SSSR count). The van der Waals surface area contributed by atoms with Crippen molar-refractivity contribution in [2.75, 3.05) is 0 Å². The van der Waals surface area contributed by atoms with Gasteiger partial charge in [0.1, 0.15) is 6.07 Å². The summed E-state index contributed by atoms with van der Waals surface area (Å²) in [5, 5.41) is 19.5. The summed E-state index contributed by atoms with van der Waals surface area (Å²) in [6.45, 7) is 0. The second kappa shape index (κ2) is 3.16. The molecule has 13 heavy (non-hydrogen) atoms. The van der Waals surface area contributed by atoms with E-state index in [1.807, 2.05) is 12.1 Å². The lowest BCUT2D eigenvalue weighted by atomic mass is 10.2. The molecule has 2 aromatic rings. The van der Waals surface area contributed by atoms with Gasteiger partial charge in [0, 0.05) is 5.39 Å². The van der Waals surface area contributed by atoms with Crippen molar-refractivity contribution in [1.82, 2.24) is 0 Å². The number of aromatic hydroxyl groups is 1. The molecule has 64 valence electrons. The van der Waals surface area contributed by atoms with E-state index in [-0.39, 0.29) is 0 Å². The van der Waals surface area contributed by atoms with E-state index < -0.39 is 0 Å². The van der Waals surface area contributed by atoms with Crippen molar-refractivity contribution in [2.45, 2.75) is 0 Å². The Kier molecular flexibility index (Phi) is 2.14. The van der Waals surface area contributed by atoms with Crippen LogP contribution in [0.2, 0.25) is 0 Å². The van der Waals surface area contributed by atoms with Gasteiger partial charge in [0.05, 0.1) is 13.8 Å². The van der Waals surface area contributed by atoms with Crippen LogP contribution in [0.5, 0.6) is 5.06 Å². The van der Waals surface area contributed by atoms with Crippen LogP contribution in [0.1, 0.15) is 5.56 Å². The molecule has 1 heterocycles. The topological polar surface area (TPSA) is 44.0 Å². The summed E-state index contributed by atoms with van der Waals surface area (Å²) < 4.78 is 1.70. The third-order valence-corrected chi connectivity index (χ3v) is 4.26. The van der Waals surface area contributed by atoms with Gasteiger partial charge in [-0.15, -0.1) is 0 Å². The Bertz CT molecular complexity index is 512. The molecule has 1 N–H and O–H groups in total. The summed E-state index contributed by atoms with van der Waals surface area (Å²) in [5.41, 5.74) is 0.626. The Labute approximate surface area is 92.6 Å². The maximum Gasteiger partial charge on any atom is 0.186 e. The van der Waals surface area contributed by atoms with Crippen LogP contribution in [-0.2, 0) is 0 Å². The highest BCUT2D eigenvalue weighted by atomic mass is 127. The highest BCUT2D eigenvalue weighted by Crippen LogP contribution is 2.38. The van der Waals surface area contributed by atoms with Crippen LogP contribution in [0.4, 0.5) is 0 Å². The number of nitriles is 1. The van der Waals surface area contributed by atoms with E-state index in [0.29, 0.717) is 10.6 Å². The Morgan fingerprint density at radius 3 is 2.92 bits per heavy atom. The molecule has 0 aliphatic rings. The Morgan fingerprint density at radius 1 is 1.46 bits per heavy atom. The minimum Gasteiger partial charge on any atom is -0.499 e. The largest absolute Gasteiger partial charge is 0.499 e. The number of hydrogen-bond acceptors (Lipinski definition) is 3. The molecule has 0 unspecified atom stereocenters. The van der Waals surface area contributed by atoms with E-state index >= 15 is 0 Å². The second-order valence-corrected chi connectivity index (χ2v) is 4.59. The standard InChI is InChI=1S/C9H4INOS/c10-7-6-3-1-2-5(4-11)8(6)13-9(7)12/h1-3,12H. The minimum atomic E-state index is 0.290. The molecule has 0 aliphatic heterocycles. The van der Waals surface area contributed by atoms with Gasteiger partial charge in [0.25, 0.3) is 0 Å². The Hall–Kier alpha value is -0.800. The molecule has 2 nitrogen and oxygen atoms in total. The lowest BCUT2D eigenvalue weighted by molar-refractivity contribution is 0.488.